The molecule has 45 heavy (non-hydrogen) atoms. The molecule has 3 aromatic carbocycles. The Labute approximate surface area is 250 Å². The average molecular weight is 658 g/mol. The van der Waals surface area contributed by atoms with Crippen molar-refractivity contribution >= 4 is 61.3 Å². The summed E-state index contributed by atoms with van der Waals surface area (Å²) in [5.41, 5.74) is -0.655. The molecule has 0 amide bonds. The summed E-state index contributed by atoms with van der Waals surface area (Å²) in [4.78, 5) is 40.5. The number of alkyl halides is 3. The molecule has 19 heteroatoms. The lowest BCUT2D eigenvalue weighted by Gasteiger charge is -2.07. The predicted molar refractivity (Wildman–Crippen MR) is 146 cm³/mol. The SMILES string of the molecule is COC(=O)c1cc([N+](=O)[O-])c(F)cc1F.COC(=O)c1cc2nc(Nc3nc4ccc(OC(F)(F)F)cc4s3)n(C)c2cc1F. The first kappa shape index (κ1) is 32.5. The van der Waals surface area contributed by atoms with E-state index in [4.69, 9.17) is 0 Å². The minimum atomic E-state index is -4.79. The van der Waals surface area contributed by atoms with Gasteiger partial charge in [0.15, 0.2) is 5.13 Å². The summed E-state index contributed by atoms with van der Waals surface area (Å²) in [5.74, 6) is -5.26. The fourth-order valence-corrected chi connectivity index (χ4v) is 4.67. The fraction of sp³-hybridized carbons (Fsp3) is 0.154. The van der Waals surface area contributed by atoms with E-state index in [0.717, 1.165) is 25.6 Å². The van der Waals surface area contributed by atoms with E-state index in [0.29, 0.717) is 38.4 Å². The number of anilines is 2. The van der Waals surface area contributed by atoms with Crippen molar-refractivity contribution in [2.24, 2.45) is 7.05 Å². The molecule has 1 N–H and O–H groups in total. The zero-order valence-corrected chi connectivity index (χ0v) is 23.7. The Bertz CT molecular complexity index is 1960. The predicted octanol–water partition coefficient (Wildman–Crippen LogP) is 6.41. The Morgan fingerprint density at radius 1 is 0.911 bits per heavy atom. The first-order valence-corrected chi connectivity index (χ1v) is 12.8. The molecular formula is C26H17F6N5O7S. The van der Waals surface area contributed by atoms with Gasteiger partial charge in [-0.05, 0) is 18.2 Å². The number of rotatable bonds is 6. The minimum absolute atomic E-state index is 0.244. The second-order valence-electron chi connectivity index (χ2n) is 8.66. The summed E-state index contributed by atoms with van der Waals surface area (Å²) in [6.45, 7) is 0. The van der Waals surface area contributed by atoms with Gasteiger partial charge in [-0.1, -0.05) is 11.3 Å². The van der Waals surface area contributed by atoms with Crippen LogP contribution in [0.25, 0.3) is 21.3 Å². The van der Waals surface area contributed by atoms with Gasteiger partial charge in [0.1, 0.15) is 22.9 Å². The van der Waals surface area contributed by atoms with Crippen molar-refractivity contribution in [3.05, 3.63) is 81.2 Å². The molecule has 0 fully saturated rings. The molecule has 5 aromatic rings. The lowest BCUT2D eigenvalue weighted by molar-refractivity contribution is -0.387. The Kier molecular flexibility index (Phi) is 9.12. The van der Waals surface area contributed by atoms with Gasteiger partial charge in [-0.2, -0.15) is 4.39 Å². The topological polar surface area (TPSA) is 148 Å². The number of esters is 2. The molecule has 0 aliphatic heterocycles. The number of carbonyl (C=O) groups excluding carboxylic acids is 2. The largest absolute Gasteiger partial charge is 0.573 e. The van der Waals surface area contributed by atoms with E-state index in [1.54, 1.807) is 11.6 Å². The van der Waals surface area contributed by atoms with E-state index in [2.05, 4.69) is 29.5 Å². The zero-order valence-electron chi connectivity index (χ0n) is 22.9. The first-order chi connectivity index (χ1) is 21.1. The van der Waals surface area contributed by atoms with Crippen LogP contribution >= 0.6 is 11.3 Å². The summed E-state index contributed by atoms with van der Waals surface area (Å²) >= 11 is 1.09. The molecule has 0 atom stereocenters. The molecular weight excluding hydrogens is 640 g/mol. The van der Waals surface area contributed by atoms with Gasteiger partial charge in [-0.25, -0.2) is 28.3 Å². The van der Waals surface area contributed by atoms with E-state index in [1.807, 2.05) is 0 Å². The number of ether oxygens (including phenoxy) is 3. The third kappa shape index (κ3) is 7.20. The molecule has 0 bridgehead atoms. The van der Waals surface area contributed by atoms with Crippen molar-refractivity contribution in [1.29, 1.82) is 0 Å². The van der Waals surface area contributed by atoms with Gasteiger partial charge in [-0.15, -0.1) is 13.2 Å². The third-order valence-electron chi connectivity index (χ3n) is 5.83. The van der Waals surface area contributed by atoms with Crippen LogP contribution < -0.4 is 10.1 Å². The molecule has 2 heterocycles. The molecule has 2 aromatic heterocycles. The Hall–Kier alpha value is -5.46. The smallest absolute Gasteiger partial charge is 0.465 e. The van der Waals surface area contributed by atoms with Crippen LogP contribution in [0.15, 0.2) is 42.5 Å². The van der Waals surface area contributed by atoms with Crippen LogP contribution in [0, 0.1) is 27.6 Å². The zero-order chi connectivity index (χ0) is 33.2. The maximum atomic E-state index is 14.2. The van der Waals surface area contributed by atoms with E-state index < -0.39 is 51.9 Å². The van der Waals surface area contributed by atoms with Crippen LogP contribution in [0.5, 0.6) is 5.75 Å². The maximum Gasteiger partial charge on any atom is 0.573 e. The molecule has 236 valence electrons. The van der Waals surface area contributed by atoms with Crippen LogP contribution in [0.1, 0.15) is 20.7 Å². The number of carbonyl (C=O) groups is 2. The fourth-order valence-electron chi connectivity index (χ4n) is 3.79. The molecule has 0 spiro atoms. The van der Waals surface area contributed by atoms with Gasteiger partial charge in [-0.3, -0.25) is 10.1 Å². The van der Waals surface area contributed by atoms with Crippen molar-refractivity contribution in [2.45, 2.75) is 6.36 Å². The molecule has 0 aliphatic rings. The van der Waals surface area contributed by atoms with Crippen LogP contribution in [-0.2, 0) is 16.5 Å². The number of aromatic nitrogens is 3. The molecule has 0 saturated heterocycles. The minimum Gasteiger partial charge on any atom is -0.465 e. The number of hydrogen-bond acceptors (Lipinski definition) is 11. The summed E-state index contributed by atoms with van der Waals surface area (Å²) in [7, 11) is 3.77. The maximum absolute atomic E-state index is 14.2. The van der Waals surface area contributed by atoms with Crippen LogP contribution in [-0.4, -0.2) is 52.0 Å². The number of nitrogens with one attached hydrogen (secondary N) is 1. The lowest BCUT2D eigenvalue weighted by atomic mass is 10.2. The average Bonchev–Trinajstić information content (AvgIpc) is 3.50. The van der Waals surface area contributed by atoms with Crippen LogP contribution in [0.4, 0.5) is 43.1 Å². The number of nitrogens with zero attached hydrogens (tertiary/aromatic N) is 4. The highest BCUT2D eigenvalue weighted by Gasteiger charge is 2.31. The third-order valence-corrected chi connectivity index (χ3v) is 6.76. The van der Waals surface area contributed by atoms with Crippen molar-refractivity contribution in [3.63, 3.8) is 0 Å². The number of fused-ring (bicyclic) bond motifs is 2. The van der Waals surface area contributed by atoms with E-state index in [-0.39, 0.29) is 17.4 Å². The Balaban J connectivity index is 0.000000259. The highest BCUT2D eigenvalue weighted by Crippen LogP contribution is 2.33. The standard InChI is InChI=1S/C18H12F4N4O3S.C8H5F2NO4/c1-26-13-7-10(19)9(15(27)28-2)6-12(13)23-16(26)25-17-24-11-4-3-8(5-14(11)30-17)29-18(20,21)22;1-15-8(12)4-2-7(11(13)14)6(10)3-5(4)9/h3-7H,1-2H3,(H,23,24,25);2-3H,1H3. The lowest BCUT2D eigenvalue weighted by Crippen LogP contribution is -2.16. The summed E-state index contributed by atoms with van der Waals surface area (Å²) in [5, 5.41) is 13.6. The number of imidazole rings is 1. The molecule has 5 rings (SSSR count). The highest BCUT2D eigenvalue weighted by molar-refractivity contribution is 7.22. The Morgan fingerprint density at radius 2 is 1.53 bits per heavy atom. The second-order valence-corrected chi connectivity index (χ2v) is 9.69. The van der Waals surface area contributed by atoms with Gasteiger partial charge in [0.25, 0.3) is 0 Å². The number of benzene rings is 3. The normalized spacial score (nSPS) is 11.1. The van der Waals surface area contributed by atoms with E-state index in [9.17, 15) is 46.0 Å². The first-order valence-electron chi connectivity index (χ1n) is 12.0. The number of halogens is 6. The number of aryl methyl sites for hydroxylation is 1. The van der Waals surface area contributed by atoms with E-state index >= 15 is 0 Å². The van der Waals surface area contributed by atoms with Gasteiger partial charge in [0.05, 0.1) is 46.0 Å². The number of hydrogen-bond donors (Lipinski definition) is 1. The number of methoxy groups -OCH3 is 2. The number of nitro benzene ring substituents is 1. The number of thiazole rings is 1. The van der Waals surface area contributed by atoms with Crippen LogP contribution in [0.3, 0.4) is 0 Å². The number of nitro groups is 1. The Morgan fingerprint density at radius 3 is 2.13 bits per heavy atom. The van der Waals surface area contributed by atoms with Crippen molar-refractivity contribution in [3.8, 4) is 5.75 Å². The summed E-state index contributed by atoms with van der Waals surface area (Å²) in [6, 6.07) is 7.02. The highest BCUT2D eigenvalue weighted by atomic mass is 32.1. The monoisotopic (exact) mass is 657 g/mol. The van der Waals surface area contributed by atoms with E-state index in [1.165, 1.54) is 30.3 Å². The molecule has 0 aliphatic carbocycles. The van der Waals surface area contributed by atoms with Gasteiger partial charge in [0.2, 0.25) is 11.8 Å². The molecule has 0 saturated carbocycles. The molecule has 12 nitrogen and oxygen atoms in total. The summed E-state index contributed by atoms with van der Waals surface area (Å²) < 4.78 is 91.8. The van der Waals surface area contributed by atoms with Crippen LogP contribution in [0.2, 0.25) is 0 Å². The quantitative estimate of drug-likeness (QED) is 0.0940. The van der Waals surface area contributed by atoms with Gasteiger partial charge in [0, 0.05) is 31.3 Å². The van der Waals surface area contributed by atoms with Gasteiger partial charge >= 0.3 is 24.0 Å². The second kappa shape index (κ2) is 12.6. The van der Waals surface area contributed by atoms with Crippen molar-refractivity contribution < 1.29 is 55.1 Å². The summed E-state index contributed by atoms with van der Waals surface area (Å²) in [6.07, 6.45) is -4.79. The molecule has 0 unspecified atom stereocenters. The van der Waals surface area contributed by atoms with Crippen molar-refractivity contribution in [1.82, 2.24) is 14.5 Å². The molecule has 0 radical (unpaired) electrons. The van der Waals surface area contributed by atoms with Crippen molar-refractivity contribution in [2.75, 3.05) is 19.5 Å². The van der Waals surface area contributed by atoms with Gasteiger partial charge < -0.3 is 24.1 Å².